The fourth-order valence-electron chi connectivity index (χ4n) is 2.68. The first-order valence-corrected chi connectivity index (χ1v) is 6.79. The van der Waals surface area contributed by atoms with Gasteiger partial charge in [0.1, 0.15) is 11.2 Å². The molecule has 1 fully saturated rings. The molecule has 0 bridgehead atoms. The number of hydrogen-bond donors (Lipinski definition) is 0. The highest BCUT2D eigenvalue weighted by molar-refractivity contribution is 6.34. The first-order valence-electron chi connectivity index (χ1n) is 6.41. The maximum absolute atomic E-state index is 12.5. The molecule has 2 heterocycles. The van der Waals surface area contributed by atoms with Crippen LogP contribution in [0.4, 0.5) is 0 Å². The van der Waals surface area contributed by atoms with Gasteiger partial charge in [0.05, 0.1) is 16.6 Å². The summed E-state index contributed by atoms with van der Waals surface area (Å²) in [6.07, 6.45) is 1.07. The van der Waals surface area contributed by atoms with Gasteiger partial charge in [0.2, 0.25) is 5.91 Å². The van der Waals surface area contributed by atoms with Gasteiger partial charge in [-0.25, -0.2) is 4.98 Å². The summed E-state index contributed by atoms with van der Waals surface area (Å²) >= 11 is 6.17. The van der Waals surface area contributed by atoms with Gasteiger partial charge >= 0.3 is 0 Å². The summed E-state index contributed by atoms with van der Waals surface area (Å²) in [4.78, 5) is 30.1. The van der Waals surface area contributed by atoms with E-state index in [0.29, 0.717) is 34.6 Å². The zero-order valence-electron chi connectivity index (χ0n) is 11.3. The molecule has 1 aliphatic rings. The number of rotatable bonds is 1. The van der Waals surface area contributed by atoms with Crippen LogP contribution in [0.5, 0.6) is 0 Å². The molecule has 1 saturated heterocycles. The number of carbonyl (C=O) groups excluding carboxylic acids is 1. The third-order valence-electron chi connectivity index (χ3n) is 3.89. The maximum Gasteiger partial charge on any atom is 0.274 e. The lowest BCUT2D eigenvalue weighted by Gasteiger charge is -2.20. The molecule has 20 heavy (non-hydrogen) atoms. The van der Waals surface area contributed by atoms with Crippen LogP contribution in [0.25, 0.3) is 11.0 Å². The van der Waals surface area contributed by atoms with Gasteiger partial charge in [-0.3, -0.25) is 9.59 Å². The second-order valence-electron chi connectivity index (χ2n) is 5.03. The van der Waals surface area contributed by atoms with E-state index < -0.39 is 0 Å². The smallest absolute Gasteiger partial charge is 0.274 e. The predicted molar refractivity (Wildman–Crippen MR) is 76.7 cm³/mol. The van der Waals surface area contributed by atoms with Crippen molar-refractivity contribution in [1.82, 2.24) is 14.5 Å². The summed E-state index contributed by atoms with van der Waals surface area (Å²) in [6, 6.07) is 5.08. The molecule has 2 aromatic rings. The van der Waals surface area contributed by atoms with Crippen molar-refractivity contribution in [2.24, 2.45) is 7.05 Å². The van der Waals surface area contributed by atoms with Crippen LogP contribution in [0.3, 0.4) is 0 Å². The van der Waals surface area contributed by atoms with Crippen molar-refractivity contribution in [2.75, 3.05) is 7.05 Å². The van der Waals surface area contributed by atoms with Crippen molar-refractivity contribution in [3.63, 3.8) is 0 Å². The summed E-state index contributed by atoms with van der Waals surface area (Å²) in [6.45, 7) is 0. The van der Waals surface area contributed by atoms with E-state index >= 15 is 0 Å². The summed E-state index contributed by atoms with van der Waals surface area (Å²) in [5, 5.41) is 0.506. The molecule has 1 aromatic heterocycles. The Kier molecular flexibility index (Phi) is 3.01. The number of fused-ring (bicyclic) bond motifs is 1. The minimum atomic E-state index is -0.262. The van der Waals surface area contributed by atoms with Crippen LogP contribution in [-0.4, -0.2) is 27.4 Å². The highest BCUT2D eigenvalue weighted by Crippen LogP contribution is 2.30. The molecule has 1 aromatic carbocycles. The SMILES string of the molecule is CN1C(=O)CCC1c1nc2c(Cl)cccc2n(C)c1=O. The minimum Gasteiger partial charge on any atom is -0.337 e. The Balaban J connectivity index is 2.27. The molecule has 1 atom stereocenters. The van der Waals surface area contributed by atoms with Crippen molar-refractivity contribution in [1.29, 1.82) is 0 Å². The van der Waals surface area contributed by atoms with E-state index in [-0.39, 0.29) is 17.5 Å². The number of benzene rings is 1. The Bertz CT molecular complexity index is 769. The van der Waals surface area contributed by atoms with E-state index in [1.165, 1.54) is 0 Å². The minimum absolute atomic E-state index is 0.0399. The first kappa shape index (κ1) is 13.1. The third-order valence-corrected chi connectivity index (χ3v) is 4.20. The van der Waals surface area contributed by atoms with Crippen molar-refractivity contribution >= 4 is 28.5 Å². The Morgan fingerprint density at radius 2 is 2.05 bits per heavy atom. The quantitative estimate of drug-likeness (QED) is 0.806. The Morgan fingerprint density at radius 1 is 1.30 bits per heavy atom. The second kappa shape index (κ2) is 4.59. The molecule has 0 saturated carbocycles. The van der Waals surface area contributed by atoms with Crippen LogP contribution in [0.2, 0.25) is 5.02 Å². The van der Waals surface area contributed by atoms with Gasteiger partial charge in [-0.1, -0.05) is 17.7 Å². The van der Waals surface area contributed by atoms with Crippen LogP contribution in [0, 0.1) is 0 Å². The number of amides is 1. The van der Waals surface area contributed by atoms with Crippen LogP contribution < -0.4 is 5.56 Å². The zero-order valence-corrected chi connectivity index (χ0v) is 12.0. The normalized spacial score (nSPS) is 19.1. The van der Waals surface area contributed by atoms with Crippen molar-refractivity contribution in [2.45, 2.75) is 18.9 Å². The van der Waals surface area contributed by atoms with Gasteiger partial charge in [0.15, 0.2) is 0 Å². The third kappa shape index (κ3) is 1.81. The summed E-state index contributed by atoms with van der Waals surface area (Å²) in [5.74, 6) is 0.0399. The van der Waals surface area contributed by atoms with E-state index in [9.17, 15) is 9.59 Å². The number of carbonyl (C=O) groups is 1. The van der Waals surface area contributed by atoms with E-state index in [4.69, 9.17) is 11.6 Å². The number of halogens is 1. The van der Waals surface area contributed by atoms with Gasteiger partial charge in [0.25, 0.3) is 5.56 Å². The lowest BCUT2D eigenvalue weighted by atomic mass is 10.1. The number of likely N-dealkylation sites (tertiary alicyclic amines) is 1. The van der Waals surface area contributed by atoms with Crippen LogP contribution in [0.1, 0.15) is 24.6 Å². The average molecular weight is 292 g/mol. The van der Waals surface area contributed by atoms with E-state index in [0.717, 1.165) is 0 Å². The number of para-hydroxylation sites is 1. The molecule has 3 rings (SSSR count). The van der Waals surface area contributed by atoms with Crippen molar-refractivity contribution in [3.05, 3.63) is 39.3 Å². The molecule has 0 N–H and O–H groups in total. The fraction of sp³-hybridized carbons (Fsp3) is 0.357. The summed E-state index contributed by atoms with van der Waals surface area (Å²) in [7, 11) is 3.40. The summed E-state index contributed by atoms with van der Waals surface area (Å²) in [5.41, 5.74) is 1.50. The zero-order chi connectivity index (χ0) is 14.4. The number of nitrogens with zero attached hydrogens (tertiary/aromatic N) is 3. The highest BCUT2D eigenvalue weighted by atomic mass is 35.5. The Morgan fingerprint density at radius 3 is 2.70 bits per heavy atom. The lowest BCUT2D eigenvalue weighted by molar-refractivity contribution is -0.127. The highest BCUT2D eigenvalue weighted by Gasteiger charge is 2.32. The first-order chi connectivity index (χ1) is 9.50. The van der Waals surface area contributed by atoms with E-state index in [1.807, 2.05) is 6.07 Å². The van der Waals surface area contributed by atoms with E-state index in [2.05, 4.69) is 4.98 Å². The molecular weight excluding hydrogens is 278 g/mol. The van der Waals surface area contributed by atoms with Crippen molar-refractivity contribution < 1.29 is 4.79 Å². The largest absolute Gasteiger partial charge is 0.337 e. The molecule has 104 valence electrons. The molecule has 0 spiro atoms. The molecular formula is C14H14ClN3O2. The number of aryl methyl sites for hydroxylation is 1. The monoisotopic (exact) mass is 291 g/mol. The molecule has 1 amide bonds. The topological polar surface area (TPSA) is 55.2 Å². The number of hydrogen-bond acceptors (Lipinski definition) is 3. The molecule has 6 heteroatoms. The van der Waals surface area contributed by atoms with Gasteiger partial charge in [0, 0.05) is 20.5 Å². The Hall–Kier alpha value is -1.88. The lowest BCUT2D eigenvalue weighted by Crippen LogP contribution is -2.31. The van der Waals surface area contributed by atoms with Crippen LogP contribution >= 0.6 is 11.6 Å². The molecule has 0 radical (unpaired) electrons. The molecule has 1 aliphatic heterocycles. The second-order valence-corrected chi connectivity index (χ2v) is 5.44. The van der Waals surface area contributed by atoms with Crippen LogP contribution in [-0.2, 0) is 11.8 Å². The van der Waals surface area contributed by atoms with Gasteiger partial charge in [-0.15, -0.1) is 0 Å². The van der Waals surface area contributed by atoms with Gasteiger partial charge < -0.3 is 9.47 Å². The van der Waals surface area contributed by atoms with Gasteiger partial charge in [-0.05, 0) is 18.6 Å². The molecule has 0 aliphatic carbocycles. The van der Waals surface area contributed by atoms with Crippen LogP contribution in [0.15, 0.2) is 23.0 Å². The van der Waals surface area contributed by atoms with E-state index in [1.54, 1.807) is 35.7 Å². The van der Waals surface area contributed by atoms with Crippen molar-refractivity contribution in [3.8, 4) is 0 Å². The molecule has 5 nitrogen and oxygen atoms in total. The maximum atomic E-state index is 12.5. The summed E-state index contributed by atoms with van der Waals surface area (Å²) < 4.78 is 1.54. The average Bonchev–Trinajstić information content (AvgIpc) is 2.75. The van der Waals surface area contributed by atoms with Gasteiger partial charge in [-0.2, -0.15) is 0 Å². The Labute approximate surface area is 120 Å². The molecule has 1 unspecified atom stereocenters. The standard InChI is InChI=1S/C14H14ClN3O2/c1-17-10(6-7-11(17)19)13-14(20)18(2)9-5-3-4-8(15)12(9)16-13/h3-5,10H,6-7H2,1-2H3. The predicted octanol–water partition coefficient (Wildman–Crippen LogP) is 1.88. The number of aromatic nitrogens is 2. The fourth-order valence-corrected chi connectivity index (χ4v) is 2.89.